The molecule has 42 valence electrons. The monoisotopic (exact) mass is 123 g/mol. The first-order valence-corrected chi connectivity index (χ1v) is 1.99. The summed E-state index contributed by atoms with van der Waals surface area (Å²) < 4.78 is 3.77. The highest BCUT2D eigenvalue weighted by Crippen LogP contribution is 1.86. The Balaban J connectivity index is 3.35. The number of amides is 1. The topological polar surface area (TPSA) is 29.5 Å². The molecule has 0 aromatic rings. The van der Waals surface area contributed by atoms with Crippen molar-refractivity contribution in [3.63, 3.8) is 0 Å². The van der Waals surface area contributed by atoms with E-state index in [-0.39, 0.29) is 0 Å². The summed E-state index contributed by atoms with van der Waals surface area (Å²) >= 11 is 4.66. The Kier molecular flexibility index (Phi) is 2.52. The van der Waals surface area contributed by atoms with Gasteiger partial charge in [0.1, 0.15) is 11.9 Å². The van der Waals surface area contributed by atoms with Crippen LogP contribution in [0.3, 0.4) is 0 Å². The molecule has 0 spiro atoms. The van der Waals surface area contributed by atoms with Gasteiger partial charge in [-0.05, 0) is 0 Å². The normalized spacial score (nSPS) is 7.86. The molecule has 4 heteroatoms. The van der Waals surface area contributed by atoms with Crippen molar-refractivity contribution in [2.45, 2.75) is 0 Å². The minimum absolute atomic E-state index is 0.554. The molecular weight excluding hydrogens is 117 g/mol. The number of nitrogens with zero attached hydrogens (tertiary/aromatic N) is 1. The minimum atomic E-state index is -0.554. The van der Waals surface area contributed by atoms with Crippen LogP contribution in [0.15, 0.2) is 0 Å². The van der Waals surface area contributed by atoms with Crippen molar-refractivity contribution < 1.29 is 9.08 Å². The molecule has 0 N–H and O–H groups in total. The number of carbonyl (C=O) groups is 1. The van der Waals surface area contributed by atoms with Gasteiger partial charge >= 0.3 is 6.09 Å². The molecule has 0 aliphatic rings. The lowest BCUT2D eigenvalue weighted by Crippen LogP contribution is -2.19. The SMILES string of the molecule is CN(C)C(=O)OCl. The maximum Gasteiger partial charge on any atom is 0.427 e. The number of hydrogen-bond acceptors (Lipinski definition) is 2. The highest BCUT2D eigenvalue weighted by atomic mass is 35.5. The zero-order valence-electron chi connectivity index (χ0n) is 4.14. The highest BCUT2D eigenvalue weighted by molar-refractivity contribution is 6.12. The van der Waals surface area contributed by atoms with Crippen molar-refractivity contribution in [1.82, 2.24) is 4.90 Å². The fourth-order valence-electron chi connectivity index (χ4n) is 0.0690. The summed E-state index contributed by atoms with van der Waals surface area (Å²) in [4.78, 5) is 11.3. The lowest BCUT2D eigenvalue weighted by molar-refractivity contribution is 0.176. The molecular formula is C3H6ClNO2. The molecule has 0 aliphatic heterocycles. The van der Waals surface area contributed by atoms with Crippen LogP contribution in [0.25, 0.3) is 0 Å². The number of rotatable bonds is 0. The van der Waals surface area contributed by atoms with Crippen LogP contribution in [-0.4, -0.2) is 25.1 Å². The fraction of sp³-hybridized carbons (Fsp3) is 0.667. The van der Waals surface area contributed by atoms with E-state index in [1.54, 1.807) is 14.1 Å². The van der Waals surface area contributed by atoms with Gasteiger partial charge in [0.25, 0.3) is 0 Å². The van der Waals surface area contributed by atoms with E-state index >= 15 is 0 Å². The molecule has 0 atom stereocenters. The molecule has 0 rings (SSSR count). The van der Waals surface area contributed by atoms with Crippen molar-refractivity contribution >= 4 is 18.0 Å². The summed E-state index contributed by atoms with van der Waals surface area (Å²) in [5, 5.41) is 0. The van der Waals surface area contributed by atoms with Crippen LogP contribution < -0.4 is 0 Å². The van der Waals surface area contributed by atoms with E-state index in [1.165, 1.54) is 4.90 Å². The van der Waals surface area contributed by atoms with Gasteiger partial charge < -0.3 is 9.19 Å². The van der Waals surface area contributed by atoms with Crippen LogP contribution in [0.2, 0.25) is 0 Å². The van der Waals surface area contributed by atoms with Crippen molar-refractivity contribution in [3.8, 4) is 0 Å². The molecule has 0 aromatic carbocycles. The van der Waals surface area contributed by atoms with E-state index in [2.05, 4.69) is 16.2 Å². The van der Waals surface area contributed by atoms with Gasteiger partial charge in [-0.3, -0.25) is 0 Å². The van der Waals surface area contributed by atoms with Gasteiger partial charge in [0.15, 0.2) is 0 Å². The van der Waals surface area contributed by atoms with Crippen molar-refractivity contribution in [1.29, 1.82) is 0 Å². The zero-order chi connectivity index (χ0) is 5.86. The summed E-state index contributed by atoms with van der Waals surface area (Å²) in [6.45, 7) is 0. The Bertz CT molecular complexity index is 73.3. The van der Waals surface area contributed by atoms with Gasteiger partial charge in [-0.15, -0.1) is 0 Å². The van der Waals surface area contributed by atoms with E-state index in [0.29, 0.717) is 0 Å². The average Bonchev–Trinajstić information content (AvgIpc) is 1.65. The Labute approximate surface area is 47.0 Å². The summed E-state index contributed by atoms with van der Waals surface area (Å²) in [5.74, 6) is 0. The maximum absolute atomic E-state index is 10.1. The molecule has 0 radical (unpaired) electrons. The summed E-state index contributed by atoms with van der Waals surface area (Å²) in [7, 11) is 3.09. The number of carbonyl (C=O) groups excluding carboxylic acids is 1. The van der Waals surface area contributed by atoms with Crippen LogP contribution in [0.1, 0.15) is 0 Å². The summed E-state index contributed by atoms with van der Waals surface area (Å²) in [6.07, 6.45) is -0.554. The van der Waals surface area contributed by atoms with E-state index in [1.807, 2.05) is 0 Å². The summed E-state index contributed by atoms with van der Waals surface area (Å²) in [5.41, 5.74) is 0. The first kappa shape index (κ1) is 6.56. The Morgan fingerprint density at radius 2 is 2.14 bits per heavy atom. The van der Waals surface area contributed by atoms with Gasteiger partial charge in [-0.2, -0.15) is 0 Å². The predicted molar refractivity (Wildman–Crippen MR) is 26.0 cm³/mol. The van der Waals surface area contributed by atoms with Gasteiger partial charge in [0, 0.05) is 14.1 Å². The molecule has 0 aromatic heterocycles. The van der Waals surface area contributed by atoms with Gasteiger partial charge in [-0.25, -0.2) is 4.79 Å². The average molecular weight is 124 g/mol. The lowest BCUT2D eigenvalue weighted by atomic mass is 10.9. The number of halogens is 1. The largest absolute Gasteiger partial charge is 0.427 e. The van der Waals surface area contributed by atoms with Gasteiger partial charge in [0.05, 0.1) is 0 Å². The second-order valence-corrected chi connectivity index (χ2v) is 1.39. The summed E-state index contributed by atoms with van der Waals surface area (Å²) in [6, 6.07) is 0. The molecule has 0 heterocycles. The Hall–Kier alpha value is -0.440. The molecule has 0 fully saturated rings. The van der Waals surface area contributed by atoms with E-state index in [4.69, 9.17) is 0 Å². The highest BCUT2D eigenvalue weighted by Gasteiger charge is 1.99. The molecule has 1 amide bonds. The quantitative estimate of drug-likeness (QED) is 0.478. The fourth-order valence-corrected chi connectivity index (χ4v) is 0.207. The van der Waals surface area contributed by atoms with Crippen molar-refractivity contribution in [2.24, 2.45) is 0 Å². The first-order valence-electron chi connectivity index (χ1n) is 1.68. The first-order chi connectivity index (χ1) is 3.18. The predicted octanol–water partition coefficient (Wildman–Crippen LogP) is 0.838. The van der Waals surface area contributed by atoms with Crippen molar-refractivity contribution in [2.75, 3.05) is 14.1 Å². The minimum Gasteiger partial charge on any atom is -0.330 e. The van der Waals surface area contributed by atoms with Crippen LogP contribution in [0.5, 0.6) is 0 Å². The molecule has 0 saturated carbocycles. The van der Waals surface area contributed by atoms with E-state index in [0.717, 1.165) is 0 Å². The van der Waals surface area contributed by atoms with Crippen LogP contribution >= 0.6 is 11.9 Å². The van der Waals surface area contributed by atoms with Gasteiger partial charge in [-0.1, -0.05) is 0 Å². The molecule has 3 nitrogen and oxygen atoms in total. The second-order valence-electron chi connectivity index (χ2n) is 1.24. The maximum atomic E-state index is 10.1. The molecule has 0 aliphatic carbocycles. The molecule has 0 unspecified atom stereocenters. The van der Waals surface area contributed by atoms with Crippen LogP contribution in [0.4, 0.5) is 4.79 Å². The van der Waals surface area contributed by atoms with Crippen molar-refractivity contribution in [3.05, 3.63) is 0 Å². The smallest absolute Gasteiger partial charge is 0.330 e. The third kappa shape index (κ3) is 2.28. The molecule has 0 bridgehead atoms. The Morgan fingerprint density at radius 1 is 1.71 bits per heavy atom. The second kappa shape index (κ2) is 2.69. The standard InChI is InChI=1S/C3H6ClNO2/c1-5(2)3(6)7-4/h1-2H3. The molecule has 0 saturated heterocycles. The number of hydrogen-bond donors (Lipinski definition) is 0. The van der Waals surface area contributed by atoms with Gasteiger partial charge in [0.2, 0.25) is 0 Å². The van der Waals surface area contributed by atoms with Crippen LogP contribution in [0, 0.1) is 0 Å². The molecule has 7 heavy (non-hydrogen) atoms. The zero-order valence-corrected chi connectivity index (χ0v) is 4.90. The van der Waals surface area contributed by atoms with E-state index in [9.17, 15) is 4.79 Å². The third-order valence-corrected chi connectivity index (χ3v) is 0.563. The van der Waals surface area contributed by atoms with Crippen LogP contribution in [-0.2, 0) is 4.29 Å². The third-order valence-electron chi connectivity index (χ3n) is 0.431. The van der Waals surface area contributed by atoms with E-state index < -0.39 is 6.09 Å². The lowest BCUT2D eigenvalue weighted by Gasteiger charge is -2.03. The Morgan fingerprint density at radius 3 is 2.14 bits per heavy atom.